The van der Waals surface area contributed by atoms with Crippen LogP contribution in [0.2, 0.25) is 0 Å². The maximum atomic E-state index is 12.6. The minimum Gasteiger partial charge on any atom is -0.242 e. The largest absolute Gasteiger partial charge is 0.243 e. The van der Waals surface area contributed by atoms with Gasteiger partial charge in [-0.1, -0.05) is 36.4 Å². The molecule has 3 rings (SSSR count). The Labute approximate surface area is 138 Å². The topological polar surface area (TPSA) is 138 Å². The van der Waals surface area contributed by atoms with E-state index in [1.165, 1.54) is 48.5 Å². The van der Waals surface area contributed by atoms with Crippen LogP contribution in [0.25, 0.3) is 0 Å². The average Bonchev–Trinajstić information content (AvgIpc) is 3.08. The molecule has 0 aliphatic heterocycles. The SMILES string of the molecule is O=S(=O)(c1ccccc1)c1nonc1S(=O)(=O)c1ccccc1.[N]. The van der Waals surface area contributed by atoms with Gasteiger partial charge in [-0.15, -0.1) is 0 Å². The van der Waals surface area contributed by atoms with Crippen LogP contribution in [-0.4, -0.2) is 27.1 Å². The fourth-order valence-corrected chi connectivity index (χ4v) is 4.86. The van der Waals surface area contributed by atoms with Gasteiger partial charge in [-0.3, -0.25) is 0 Å². The predicted octanol–water partition coefficient (Wildman–Crippen LogP) is 1.25. The number of sulfone groups is 2. The Morgan fingerprint density at radius 2 is 0.958 bits per heavy atom. The summed E-state index contributed by atoms with van der Waals surface area (Å²) in [7, 11) is -8.33. The number of rotatable bonds is 4. The van der Waals surface area contributed by atoms with Crippen LogP contribution >= 0.6 is 0 Å². The third kappa shape index (κ3) is 2.94. The van der Waals surface area contributed by atoms with Crippen molar-refractivity contribution in [1.29, 1.82) is 0 Å². The number of hydrogen-bond donors (Lipinski definition) is 0. The van der Waals surface area contributed by atoms with E-state index >= 15 is 0 Å². The number of benzene rings is 2. The summed E-state index contributed by atoms with van der Waals surface area (Å²) in [6.07, 6.45) is 0. The molecule has 0 atom stereocenters. The lowest BCUT2D eigenvalue weighted by Gasteiger charge is -2.03. The molecule has 0 aliphatic carbocycles. The minimum atomic E-state index is -4.16. The zero-order valence-electron chi connectivity index (χ0n) is 12.0. The van der Waals surface area contributed by atoms with Gasteiger partial charge in [0.1, 0.15) is 0 Å². The van der Waals surface area contributed by atoms with E-state index in [2.05, 4.69) is 14.9 Å². The second kappa shape index (κ2) is 6.51. The molecule has 0 saturated heterocycles. The van der Waals surface area contributed by atoms with Crippen LogP contribution in [0.5, 0.6) is 0 Å². The highest BCUT2D eigenvalue weighted by atomic mass is 32.2. The summed E-state index contributed by atoms with van der Waals surface area (Å²) < 4.78 is 54.7. The average molecular weight is 364 g/mol. The number of nitrogens with zero attached hydrogens (tertiary/aromatic N) is 3. The molecule has 0 amide bonds. The highest BCUT2D eigenvalue weighted by Crippen LogP contribution is 2.28. The van der Waals surface area contributed by atoms with Crippen LogP contribution in [0.3, 0.4) is 0 Å². The molecule has 3 aromatic rings. The standard InChI is InChI=1S/C14H10N2O5S2.N/c17-22(18,11-7-3-1-4-8-11)13-14(16-21-15-13)23(19,20)12-9-5-2-6-10-12;/h1-10H;. The molecule has 24 heavy (non-hydrogen) atoms. The Morgan fingerprint density at radius 1 is 0.625 bits per heavy atom. The molecule has 2 aromatic carbocycles. The van der Waals surface area contributed by atoms with Crippen LogP contribution in [0.4, 0.5) is 0 Å². The van der Waals surface area contributed by atoms with E-state index in [4.69, 9.17) is 0 Å². The van der Waals surface area contributed by atoms with Crippen molar-refractivity contribution in [2.45, 2.75) is 19.8 Å². The first-order valence-corrected chi connectivity index (χ1v) is 9.33. The zero-order chi connectivity index (χ0) is 16.5. The van der Waals surface area contributed by atoms with Crippen molar-refractivity contribution in [3.8, 4) is 0 Å². The van der Waals surface area contributed by atoms with Crippen molar-refractivity contribution >= 4 is 19.7 Å². The van der Waals surface area contributed by atoms with E-state index < -0.39 is 29.7 Å². The molecule has 1 aromatic heterocycles. The molecule has 0 N–H and O–H groups in total. The summed E-state index contributed by atoms with van der Waals surface area (Å²) in [5.41, 5.74) is 0. The van der Waals surface area contributed by atoms with E-state index in [-0.39, 0.29) is 15.9 Å². The summed E-state index contributed by atoms with van der Waals surface area (Å²) in [4.78, 5) is -0.194. The molecule has 8 nitrogen and oxygen atoms in total. The first kappa shape index (κ1) is 17.8. The Balaban J connectivity index is 0.00000208. The van der Waals surface area contributed by atoms with Crippen LogP contribution in [0, 0.1) is 0 Å². The lowest BCUT2D eigenvalue weighted by molar-refractivity contribution is 0.291. The van der Waals surface area contributed by atoms with Crippen molar-refractivity contribution in [3.05, 3.63) is 60.7 Å². The molecule has 0 bridgehead atoms. The van der Waals surface area contributed by atoms with Crippen molar-refractivity contribution in [2.24, 2.45) is 0 Å². The Bertz CT molecular complexity index is 946. The summed E-state index contributed by atoms with van der Waals surface area (Å²) in [5.74, 6) is 0. The molecule has 0 unspecified atom stereocenters. The Hall–Kier alpha value is -2.56. The van der Waals surface area contributed by atoms with Crippen molar-refractivity contribution in [3.63, 3.8) is 0 Å². The van der Waals surface area contributed by atoms with E-state index in [0.29, 0.717) is 0 Å². The maximum Gasteiger partial charge on any atom is 0.243 e. The van der Waals surface area contributed by atoms with Crippen molar-refractivity contribution < 1.29 is 21.5 Å². The van der Waals surface area contributed by atoms with Crippen LogP contribution in [0.15, 0.2) is 85.1 Å². The molecule has 0 saturated carbocycles. The van der Waals surface area contributed by atoms with Gasteiger partial charge in [-0.2, -0.15) is 0 Å². The fraction of sp³-hybridized carbons (Fsp3) is 0. The first-order valence-electron chi connectivity index (χ1n) is 6.37. The summed E-state index contributed by atoms with van der Waals surface area (Å²) in [5, 5.41) is 5.15. The molecule has 0 aliphatic rings. The van der Waals surface area contributed by atoms with E-state index in [0.717, 1.165) is 0 Å². The molecular formula is C14H10N3O5S2. The third-order valence-electron chi connectivity index (χ3n) is 3.05. The van der Waals surface area contributed by atoms with E-state index in [9.17, 15) is 16.8 Å². The van der Waals surface area contributed by atoms with Gasteiger partial charge in [0.15, 0.2) is 0 Å². The lowest BCUT2D eigenvalue weighted by atomic mass is 10.4. The maximum absolute atomic E-state index is 12.6. The molecule has 3 radical (unpaired) electrons. The quantitative estimate of drug-likeness (QED) is 0.679. The third-order valence-corrected chi connectivity index (χ3v) is 6.52. The summed E-state index contributed by atoms with van der Waals surface area (Å²) in [6, 6.07) is 14.7. The van der Waals surface area contributed by atoms with Gasteiger partial charge in [0.2, 0.25) is 29.7 Å². The van der Waals surface area contributed by atoms with Gasteiger partial charge < -0.3 is 0 Å². The number of hydrogen-bond acceptors (Lipinski definition) is 7. The van der Waals surface area contributed by atoms with Gasteiger partial charge in [-0.05, 0) is 34.6 Å². The highest BCUT2D eigenvalue weighted by Gasteiger charge is 2.35. The van der Waals surface area contributed by atoms with Crippen molar-refractivity contribution in [2.75, 3.05) is 0 Å². The van der Waals surface area contributed by atoms with E-state index in [1.54, 1.807) is 12.1 Å². The fourth-order valence-electron chi connectivity index (χ4n) is 1.92. The smallest absolute Gasteiger partial charge is 0.242 e. The summed E-state index contributed by atoms with van der Waals surface area (Å²) >= 11 is 0. The Kier molecular flexibility index (Phi) is 4.83. The lowest BCUT2D eigenvalue weighted by Crippen LogP contribution is -2.10. The zero-order valence-corrected chi connectivity index (χ0v) is 13.6. The first-order chi connectivity index (χ1) is 10.9. The molecule has 0 fully saturated rings. The Morgan fingerprint density at radius 3 is 1.29 bits per heavy atom. The molecule has 123 valence electrons. The normalized spacial score (nSPS) is 11.7. The van der Waals surface area contributed by atoms with Crippen molar-refractivity contribution in [1.82, 2.24) is 16.5 Å². The molecule has 0 spiro atoms. The number of aromatic nitrogens is 2. The van der Waals surface area contributed by atoms with Crippen LogP contribution in [-0.2, 0) is 19.7 Å². The van der Waals surface area contributed by atoms with Gasteiger partial charge in [-0.25, -0.2) is 21.5 Å². The summed E-state index contributed by atoms with van der Waals surface area (Å²) in [6.45, 7) is 0. The molecule has 10 heteroatoms. The van der Waals surface area contributed by atoms with Gasteiger partial charge >= 0.3 is 0 Å². The van der Waals surface area contributed by atoms with E-state index in [1.807, 2.05) is 0 Å². The van der Waals surface area contributed by atoms with Crippen LogP contribution in [0.1, 0.15) is 0 Å². The second-order valence-electron chi connectivity index (χ2n) is 4.51. The van der Waals surface area contributed by atoms with Gasteiger partial charge in [0.05, 0.1) is 9.79 Å². The predicted molar refractivity (Wildman–Crippen MR) is 80.2 cm³/mol. The highest BCUT2D eigenvalue weighted by molar-refractivity contribution is 7.94. The molecular weight excluding hydrogens is 354 g/mol. The second-order valence-corrected chi connectivity index (χ2v) is 8.24. The van der Waals surface area contributed by atoms with Gasteiger partial charge in [0, 0.05) is 6.15 Å². The monoisotopic (exact) mass is 364 g/mol. The van der Waals surface area contributed by atoms with Crippen LogP contribution < -0.4 is 6.15 Å². The molecule has 1 heterocycles. The van der Waals surface area contributed by atoms with Gasteiger partial charge in [0.25, 0.3) is 0 Å². The minimum absolute atomic E-state index is 0.